The molecule has 92 valence electrons. The summed E-state index contributed by atoms with van der Waals surface area (Å²) in [7, 11) is 0. The maximum atomic E-state index is 5.45. The Labute approximate surface area is 98.0 Å². The zero-order valence-electron chi connectivity index (χ0n) is 10.2. The third kappa shape index (κ3) is 6.58. The third-order valence-electron chi connectivity index (χ3n) is 2.37. The van der Waals surface area contributed by atoms with Crippen LogP contribution in [0.15, 0.2) is 18.5 Å². The van der Waals surface area contributed by atoms with Gasteiger partial charge in [-0.15, -0.1) is 0 Å². The fourth-order valence-electron chi connectivity index (χ4n) is 1.42. The van der Waals surface area contributed by atoms with Crippen LogP contribution in [0.5, 0.6) is 0 Å². The Morgan fingerprint density at radius 1 is 1.25 bits per heavy atom. The van der Waals surface area contributed by atoms with Crippen molar-refractivity contribution in [2.45, 2.75) is 32.7 Å². The van der Waals surface area contributed by atoms with Gasteiger partial charge in [-0.2, -0.15) is 5.10 Å². The van der Waals surface area contributed by atoms with Gasteiger partial charge in [-0.3, -0.25) is 4.68 Å². The second kappa shape index (κ2) is 9.36. The molecule has 1 N–H and O–H groups in total. The molecule has 0 aliphatic rings. The van der Waals surface area contributed by atoms with Crippen molar-refractivity contribution < 1.29 is 4.74 Å². The summed E-state index contributed by atoms with van der Waals surface area (Å²) in [5, 5.41) is 7.51. The summed E-state index contributed by atoms with van der Waals surface area (Å²) in [5.41, 5.74) is 0. The van der Waals surface area contributed by atoms with Gasteiger partial charge in [-0.1, -0.05) is 13.3 Å². The first-order valence-electron chi connectivity index (χ1n) is 6.19. The minimum absolute atomic E-state index is 0.821. The molecular formula is C12H23N3O. The first kappa shape index (κ1) is 13.2. The van der Waals surface area contributed by atoms with E-state index >= 15 is 0 Å². The summed E-state index contributed by atoms with van der Waals surface area (Å²) in [5.74, 6) is 0. The molecule has 0 saturated heterocycles. The lowest BCUT2D eigenvalue weighted by molar-refractivity contribution is 0.133. The predicted molar refractivity (Wildman–Crippen MR) is 65.4 cm³/mol. The molecule has 1 rings (SSSR count). The molecule has 4 nitrogen and oxygen atoms in total. The number of nitrogens with one attached hydrogen (secondary N) is 1. The van der Waals surface area contributed by atoms with Crippen LogP contribution < -0.4 is 5.32 Å². The Kier molecular flexibility index (Phi) is 7.72. The van der Waals surface area contributed by atoms with Crippen LogP contribution in [-0.2, 0) is 11.3 Å². The predicted octanol–water partition coefficient (Wildman–Crippen LogP) is 1.68. The average molecular weight is 225 g/mol. The molecular weight excluding hydrogens is 202 g/mol. The number of nitrogens with zero attached hydrogens (tertiary/aromatic N) is 2. The van der Waals surface area contributed by atoms with Gasteiger partial charge in [0.1, 0.15) is 0 Å². The minimum atomic E-state index is 0.821. The molecule has 0 aliphatic carbocycles. The van der Waals surface area contributed by atoms with Gasteiger partial charge < -0.3 is 10.1 Å². The molecule has 1 aromatic heterocycles. The number of hydrogen-bond acceptors (Lipinski definition) is 3. The van der Waals surface area contributed by atoms with E-state index in [9.17, 15) is 0 Å². The van der Waals surface area contributed by atoms with Gasteiger partial charge in [0.2, 0.25) is 0 Å². The van der Waals surface area contributed by atoms with Crippen molar-refractivity contribution in [2.24, 2.45) is 0 Å². The number of ether oxygens (including phenoxy) is 1. The van der Waals surface area contributed by atoms with Crippen molar-refractivity contribution in [3.05, 3.63) is 18.5 Å². The Balaban J connectivity index is 1.78. The van der Waals surface area contributed by atoms with Crippen LogP contribution in [-0.4, -0.2) is 36.1 Å². The standard InChI is InChI=1S/C12H23N3O/c1-2-3-11-16-12-8-13-6-4-9-15-10-5-7-14-15/h5,7,10,13H,2-4,6,8-9,11-12H2,1H3. The summed E-state index contributed by atoms with van der Waals surface area (Å²) in [6.07, 6.45) is 7.29. The average Bonchev–Trinajstić information content (AvgIpc) is 2.80. The van der Waals surface area contributed by atoms with Crippen LogP contribution in [0.3, 0.4) is 0 Å². The van der Waals surface area contributed by atoms with Crippen LogP contribution in [0, 0.1) is 0 Å². The number of hydrogen-bond donors (Lipinski definition) is 1. The van der Waals surface area contributed by atoms with Crippen LogP contribution in [0.1, 0.15) is 26.2 Å². The van der Waals surface area contributed by atoms with Crippen molar-refractivity contribution in [3.63, 3.8) is 0 Å². The van der Waals surface area contributed by atoms with Crippen molar-refractivity contribution in [1.29, 1.82) is 0 Å². The Morgan fingerprint density at radius 2 is 2.19 bits per heavy atom. The smallest absolute Gasteiger partial charge is 0.0590 e. The molecule has 0 fully saturated rings. The highest BCUT2D eigenvalue weighted by atomic mass is 16.5. The lowest BCUT2D eigenvalue weighted by atomic mass is 10.4. The van der Waals surface area contributed by atoms with E-state index in [0.717, 1.165) is 39.3 Å². The zero-order valence-corrected chi connectivity index (χ0v) is 10.2. The number of aryl methyl sites for hydroxylation is 1. The van der Waals surface area contributed by atoms with Gasteiger partial charge in [0.25, 0.3) is 0 Å². The van der Waals surface area contributed by atoms with E-state index in [0.29, 0.717) is 0 Å². The van der Waals surface area contributed by atoms with E-state index < -0.39 is 0 Å². The monoisotopic (exact) mass is 225 g/mol. The van der Waals surface area contributed by atoms with Crippen LogP contribution in [0.4, 0.5) is 0 Å². The second-order valence-corrected chi connectivity index (χ2v) is 3.84. The van der Waals surface area contributed by atoms with Gasteiger partial charge in [-0.25, -0.2) is 0 Å². The minimum Gasteiger partial charge on any atom is -0.380 e. The Morgan fingerprint density at radius 3 is 2.94 bits per heavy atom. The second-order valence-electron chi connectivity index (χ2n) is 3.84. The molecule has 0 radical (unpaired) electrons. The molecule has 1 aromatic rings. The molecule has 4 heteroatoms. The molecule has 1 heterocycles. The van der Waals surface area contributed by atoms with Crippen molar-refractivity contribution in [1.82, 2.24) is 15.1 Å². The number of unbranched alkanes of at least 4 members (excludes halogenated alkanes) is 1. The fraction of sp³-hybridized carbons (Fsp3) is 0.750. The van der Waals surface area contributed by atoms with E-state index in [1.807, 2.05) is 23.1 Å². The van der Waals surface area contributed by atoms with Crippen LogP contribution >= 0.6 is 0 Å². The highest BCUT2D eigenvalue weighted by Crippen LogP contribution is 1.88. The largest absolute Gasteiger partial charge is 0.380 e. The fourth-order valence-corrected chi connectivity index (χ4v) is 1.42. The highest BCUT2D eigenvalue weighted by Gasteiger charge is 1.91. The maximum absolute atomic E-state index is 5.45. The molecule has 0 amide bonds. The third-order valence-corrected chi connectivity index (χ3v) is 2.37. The van der Waals surface area contributed by atoms with Gasteiger partial charge in [0.05, 0.1) is 6.61 Å². The summed E-state index contributed by atoms with van der Waals surface area (Å²) >= 11 is 0. The molecule has 0 saturated carbocycles. The lowest BCUT2D eigenvalue weighted by Crippen LogP contribution is -2.22. The maximum Gasteiger partial charge on any atom is 0.0590 e. The van der Waals surface area contributed by atoms with E-state index in [2.05, 4.69) is 17.3 Å². The lowest BCUT2D eigenvalue weighted by Gasteiger charge is -2.05. The molecule has 0 spiro atoms. The van der Waals surface area contributed by atoms with Crippen molar-refractivity contribution >= 4 is 0 Å². The number of aromatic nitrogens is 2. The first-order valence-corrected chi connectivity index (χ1v) is 6.19. The van der Waals surface area contributed by atoms with Gasteiger partial charge in [0.15, 0.2) is 0 Å². The summed E-state index contributed by atoms with van der Waals surface area (Å²) < 4.78 is 7.40. The topological polar surface area (TPSA) is 39.1 Å². The molecule has 0 bridgehead atoms. The van der Waals surface area contributed by atoms with Gasteiger partial charge >= 0.3 is 0 Å². The summed E-state index contributed by atoms with van der Waals surface area (Å²) in [6.45, 7) is 6.85. The highest BCUT2D eigenvalue weighted by molar-refractivity contribution is 4.77. The van der Waals surface area contributed by atoms with E-state index in [1.54, 1.807) is 0 Å². The summed E-state index contributed by atoms with van der Waals surface area (Å²) in [6, 6.07) is 1.95. The Bertz CT molecular complexity index is 236. The molecule has 0 aromatic carbocycles. The number of rotatable bonds is 10. The molecule has 0 atom stereocenters. The van der Waals surface area contributed by atoms with E-state index in [1.165, 1.54) is 12.8 Å². The van der Waals surface area contributed by atoms with E-state index in [-0.39, 0.29) is 0 Å². The quantitative estimate of drug-likeness (QED) is 0.616. The van der Waals surface area contributed by atoms with Gasteiger partial charge in [0, 0.05) is 32.1 Å². The SMILES string of the molecule is CCCCOCCNCCCn1cccn1. The van der Waals surface area contributed by atoms with Crippen LogP contribution in [0.25, 0.3) is 0 Å². The normalized spacial score (nSPS) is 10.8. The molecule has 0 unspecified atom stereocenters. The van der Waals surface area contributed by atoms with Crippen molar-refractivity contribution in [3.8, 4) is 0 Å². The molecule has 0 aliphatic heterocycles. The Hall–Kier alpha value is -0.870. The van der Waals surface area contributed by atoms with E-state index in [4.69, 9.17) is 4.74 Å². The molecule has 16 heavy (non-hydrogen) atoms. The first-order chi connectivity index (χ1) is 7.93. The van der Waals surface area contributed by atoms with Gasteiger partial charge in [-0.05, 0) is 25.5 Å². The zero-order chi connectivity index (χ0) is 11.5. The summed E-state index contributed by atoms with van der Waals surface area (Å²) in [4.78, 5) is 0. The van der Waals surface area contributed by atoms with Crippen molar-refractivity contribution in [2.75, 3.05) is 26.3 Å². The van der Waals surface area contributed by atoms with Crippen LogP contribution in [0.2, 0.25) is 0 Å².